The molecule has 0 aliphatic heterocycles. The van der Waals surface area contributed by atoms with E-state index in [4.69, 9.17) is 0 Å². The molecule has 134 valence electrons. The molecule has 0 spiro atoms. The zero-order chi connectivity index (χ0) is 18.5. The Morgan fingerprint density at radius 1 is 0.704 bits per heavy atom. The first kappa shape index (κ1) is 17.3. The summed E-state index contributed by atoms with van der Waals surface area (Å²) in [5.74, 6) is 0. The highest BCUT2D eigenvalue weighted by molar-refractivity contribution is 5.63. The Kier molecular flexibility index (Phi) is 5.13. The van der Waals surface area contributed by atoms with Crippen molar-refractivity contribution in [2.75, 3.05) is 7.05 Å². The Morgan fingerprint density at radius 2 is 1.30 bits per heavy atom. The van der Waals surface area contributed by atoms with Gasteiger partial charge in [0.05, 0.1) is 11.9 Å². The van der Waals surface area contributed by atoms with Crippen LogP contribution in [0.3, 0.4) is 0 Å². The van der Waals surface area contributed by atoms with Gasteiger partial charge in [-0.2, -0.15) is 5.10 Å². The summed E-state index contributed by atoms with van der Waals surface area (Å²) < 4.78 is 1.93. The highest BCUT2D eigenvalue weighted by Crippen LogP contribution is 2.20. The van der Waals surface area contributed by atoms with E-state index in [1.165, 1.54) is 22.3 Å². The van der Waals surface area contributed by atoms with Gasteiger partial charge in [0.1, 0.15) is 0 Å². The topological polar surface area (TPSA) is 21.1 Å². The van der Waals surface area contributed by atoms with E-state index in [-0.39, 0.29) is 0 Å². The highest BCUT2D eigenvalue weighted by atomic mass is 15.3. The Labute approximate surface area is 160 Å². The lowest BCUT2D eigenvalue weighted by Gasteiger charge is -2.16. The summed E-state index contributed by atoms with van der Waals surface area (Å²) >= 11 is 0. The molecule has 0 aliphatic rings. The minimum absolute atomic E-state index is 0.868. The molecule has 0 N–H and O–H groups in total. The minimum atomic E-state index is 0.868. The summed E-state index contributed by atoms with van der Waals surface area (Å²) in [6, 6.07) is 29.5. The second-order valence-corrected chi connectivity index (χ2v) is 6.86. The number of nitrogens with zero attached hydrogens (tertiary/aromatic N) is 3. The maximum Gasteiger partial charge on any atom is 0.0645 e. The van der Waals surface area contributed by atoms with Crippen LogP contribution in [0.5, 0.6) is 0 Å². The van der Waals surface area contributed by atoms with Crippen molar-refractivity contribution in [2.45, 2.75) is 13.1 Å². The molecule has 0 unspecified atom stereocenters. The quantitative estimate of drug-likeness (QED) is 0.477. The molecule has 3 aromatic carbocycles. The van der Waals surface area contributed by atoms with Crippen LogP contribution in [-0.2, 0) is 13.1 Å². The molecule has 1 heterocycles. The summed E-state index contributed by atoms with van der Waals surface area (Å²) in [5.41, 5.74) is 6.12. The van der Waals surface area contributed by atoms with E-state index in [0.29, 0.717) is 0 Å². The number of para-hydroxylation sites is 1. The fraction of sp³-hybridized carbons (Fsp3) is 0.125. The van der Waals surface area contributed by atoms with Gasteiger partial charge in [0, 0.05) is 24.8 Å². The summed E-state index contributed by atoms with van der Waals surface area (Å²) in [5, 5.41) is 4.48. The molecule has 27 heavy (non-hydrogen) atoms. The lowest BCUT2D eigenvalue weighted by molar-refractivity contribution is 0.319. The van der Waals surface area contributed by atoms with Gasteiger partial charge in [-0.25, -0.2) is 4.68 Å². The SMILES string of the molecule is CN(Cc1ccc(-c2ccccc2)cc1)Cc1cnn(-c2ccccc2)c1. The van der Waals surface area contributed by atoms with Crippen molar-refractivity contribution in [3.8, 4) is 16.8 Å². The predicted octanol–water partition coefficient (Wildman–Crippen LogP) is 5.17. The summed E-state index contributed by atoms with van der Waals surface area (Å²) in [6.45, 7) is 1.78. The summed E-state index contributed by atoms with van der Waals surface area (Å²) in [7, 11) is 2.14. The van der Waals surface area contributed by atoms with E-state index in [0.717, 1.165) is 18.8 Å². The van der Waals surface area contributed by atoms with Crippen LogP contribution in [0.4, 0.5) is 0 Å². The van der Waals surface area contributed by atoms with Gasteiger partial charge in [0.15, 0.2) is 0 Å². The molecule has 0 amide bonds. The van der Waals surface area contributed by atoms with Gasteiger partial charge in [-0.05, 0) is 35.9 Å². The fourth-order valence-electron chi connectivity index (χ4n) is 3.28. The molecule has 1 aromatic heterocycles. The van der Waals surface area contributed by atoms with Gasteiger partial charge in [0.2, 0.25) is 0 Å². The van der Waals surface area contributed by atoms with Crippen molar-refractivity contribution < 1.29 is 0 Å². The average Bonchev–Trinajstić information content (AvgIpc) is 3.18. The first-order valence-electron chi connectivity index (χ1n) is 9.20. The Bertz CT molecular complexity index is 973. The van der Waals surface area contributed by atoms with Crippen LogP contribution in [0, 0.1) is 0 Å². The molecular formula is C24H23N3. The molecule has 0 aliphatic carbocycles. The van der Waals surface area contributed by atoms with Crippen LogP contribution in [0.15, 0.2) is 97.3 Å². The van der Waals surface area contributed by atoms with Crippen molar-refractivity contribution in [1.29, 1.82) is 0 Å². The van der Waals surface area contributed by atoms with E-state index < -0.39 is 0 Å². The lowest BCUT2D eigenvalue weighted by Crippen LogP contribution is -2.16. The zero-order valence-corrected chi connectivity index (χ0v) is 15.5. The van der Waals surface area contributed by atoms with Gasteiger partial charge in [-0.3, -0.25) is 4.90 Å². The molecule has 0 atom stereocenters. The van der Waals surface area contributed by atoms with Crippen LogP contribution in [-0.4, -0.2) is 21.7 Å². The fourth-order valence-corrected chi connectivity index (χ4v) is 3.28. The number of aromatic nitrogens is 2. The van der Waals surface area contributed by atoms with E-state index >= 15 is 0 Å². The Hall–Kier alpha value is -3.17. The number of benzene rings is 3. The number of hydrogen-bond donors (Lipinski definition) is 0. The molecule has 0 saturated carbocycles. The molecule has 3 nitrogen and oxygen atoms in total. The van der Waals surface area contributed by atoms with E-state index in [1.807, 2.05) is 35.1 Å². The maximum atomic E-state index is 4.48. The maximum absolute atomic E-state index is 4.48. The lowest BCUT2D eigenvalue weighted by atomic mass is 10.0. The third-order valence-electron chi connectivity index (χ3n) is 4.62. The molecule has 0 bridgehead atoms. The highest BCUT2D eigenvalue weighted by Gasteiger charge is 2.06. The summed E-state index contributed by atoms with van der Waals surface area (Å²) in [6.07, 6.45) is 4.05. The second kappa shape index (κ2) is 8.02. The largest absolute Gasteiger partial charge is 0.298 e. The number of hydrogen-bond acceptors (Lipinski definition) is 2. The molecule has 4 rings (SSSR count). The van der Waals surface area contributed by atoms with Gasteiger partial charge in [0.25, 0.3) is 0 Å². The van der Waals surface area contributed by atoms with Crippen LogP contribution in [0.2, 0.25) is 0 Å². The minimum Gasteiger partial charge on any atom is -0.298 e. The average molecular weight is 353 g/mol. The third kappa shape index (κ3) is 4.33. The summed E-state index contributed by atoms with van der Waals surface area (Å²) in [4.78, 5) is 2.31. The van der Waals surface area contributed by atoms with Crippen molar-refractivity contribution >= 4 is 0 Å². The molecular weight excluding hydrogens is 330 g/mol. The van der Waals surface area contributed by atoms with E-state index in [9.17, 15) is 0 Å². The monoisotopic (exact) mass is 353 g/mol. The predicted molar refractivity (Wildman–Crippen MR) is 111 cm³/mol. The normalized spacial score (nSPS) is 11.0. The Morgan fingerprint density at radius 3 is 2.00 bits per heavy atom. The van der Waals surface area contributed by atoms with Crippen molar-refractivity contribution in [2.24, 2.45) is 0 Å². The Balaban J connectivity index is 1.38. The molecule has 4 aromatic rings. The van der Waals surface area contributed by atoms with E-state index in [2.05, 4.69) is 83.9 Å². The molecule has 0 fully saturated rings. The van der Waals surface area contributed by atoms with Crippen molar-refractivity contribution in [1.82, 2.24) is 14.7 Å². The van der Waals surface area contributed by atoms with Gasteiger partial charge in [-0.15, -0.1) is 0 Å². The first-order valence-corrected chi connectivity index (χ1v) is 9.20. The first-order chi connectivity index (χ1) is 13.3. The molecule has 3 heteroatoms. The van der Waals surface area contributed by atoms with Crippen LogP contribution >= 0.6 is 0 Å². The van der Waals surface area contributed by atoms with Gasteiger partial charge >= 0.3 is 0 Å². The third-order valence-corrected chi connectivity index (χ3v) is 4.62. The molecule has 0 saturated heterocycles. The number of rotatable bonds is 6. The second-order valence-electron chi connectivity index (χ2n) is 6.86. The smallest absolute Gasteiger partial charge is 0.0645 e. The standard InChI is InChI=1S/C24H23N3/c1-26(18-21-16-25-27(19-21)24-10-6-3-7-11-24)17-20-12-14-23(15-13-20)22-8-4-2-5-9-22/h2-16,19H,17-18H2,1H3. The van der Waals surface area contributed by atoms with Gasteiger partial charge in [-0.1, -0.05) is 72.8 Å². The molecule has 0 radical (unpaired) electrons. The van der Waals surface area contributed by atoms with Crippen LogP contribution in [0.1, 0.15) is 11.1 Å². The van der Waals surface area contributed by atoms with Gasteiger partial charge < -0.3 is 0 Å². The zero-order valence-electron chi connectivity index (χ0n) is 15.5. The van der Waals surface area contributed by atoms with Crippen molar-refractivity contribution in [3.63, 3.8) is 0 Å². The van der Waals surface area contributed by atoms with Crippen LogP contribution in [0.25, 0.3) is 16.8 Å². The van der Waals surface area contributed by atoms with Crippen molar-refractivity contribution in [3.05, 3.63) is 108 Å². The van der Waals surface area contributed by atoms with Crippen LogP contribution < -0.4 is 0 Å². The van der Waals surface area contributed by atoms with E-state index in [1.54, 1.807) is 0 Å².